The first-order valence-corrected chi connectivity index (χ1v) is 14.8. The number of carbonyl (C=O) groups is 1. The molecule has 0 bridgehead atoms. The SMILES string of the molecule is CC[C@H](C)CN(CC(=O)N1CCc2sccc2[C@H]1COc1ccccc1F)S(=O)(=O)c1ccc(C)cc1. The summed E-state index contributed by atoms with van der Waals surface area (Å²) in [6, 6.07) is 14.4. The van der Waals surface area contributed by atoms with Crippen molar-refractivity contribution in [3.8, 4) is 5.75 Å². The molecule has 6 nitrogen and oxygen atoms in total. The molecule has 198 valence electrons. The van der Waals surface area contributed by atoms with Gasteiger partial charge in [-0.1, -0.05) is 50.1 Å². The van der Waals surface area contributed by atoms with Crippen LogP contribution in [-0.4, -0.2) is 49.8 Å². The van der Waals surface area contributed by atoms with E-state index in [0.717, 1.165) is 22.4 Å². The molecule has 0 saturated heterocycles. The lowest BCUT2D eigenvalue weighted by Crippen LogP contribution is -2.48. The lowest BCUT2D eigenvalue weighted by Gasteiger charge is -2.37. The van der Waals surface area contributed by atoms with E-state index < -0.39 is 21.9 Å². The molecule has 0 unspecified atom stereocenters. The maximum Gasteiger partial charge on any atom is 0.243 e. The fourth-order valence-electron chi connectivity index (χ4n) is 4.43. The van der Waals surface area contributed by atoms with Gasteiger partial charge in [0.05, 0.1) is 17.5 Å². The third-order valence-electron chi connectivity index (χ3n) is 6.83. The zero-order valence-electron chi connectivity index (χ0n) is 21.4. The Morgan fingerprint density at radius 3 is 2.62 bits per heavy atom. The summed E-state index contributed by atoms with van der Waals surface area (Å²) in [6.45, 7) is 6.37. The summed E-state index contributed by atoms with van der Waals surface area (Å²) in [5, 5.41) is 1.98. The molecule has 2 atom stereocenters. The number of thiophene rings is 1. The molecular weight excluding hydrogens is 511 g/mol. The van der Waals surface area contributed by atoms with Crippen molar-refractivity contribution in [2.45, 2.75) is 44.6 Å². The van der Waals surface area contributed by atoms with Crippen molar-refractivity contribution >= 4 is 27.3 Å². The molecule has 0 fully saturated rings. The molecule has 0 aliphatic carbocycles. The smallest absolute Gasteiger partial charge is 0.243 e. The first-order chi connectivity index (χ1) is 17.7. The van der Waals surface area contributed by atoms with Gasteiger partial charge in [-0.2, -0.15) is 4.31 Å². The van der Waals surface area contributed by atoms with Crippen LogP contribution in [0.1, 0.15) is 42.3 Å². The Morgan fingerprint density at radius 2 is 1.92 bits per heavy atom. The summed E-state index contributed by atoms with van der Waals surface area (Å²) in [5.41, 5.74) is 1.93. The second-order valence-corrected chi connectivity index (χ2v) is 12.5. The normalized spacial score (nSPS) is 16.5. The third-order valence-corrected chi connectivity index (χ3v) is 9.65. The average Bonchev–Trinajstić information content (AvgIpc) is 3.37. The molecule has 9 heteroatoms. The van der Waals surface area contributed by atoms with Gasteiger partial charge in [0.2, 0.25) is 15.9 Å². The minimum absolute atomic E-state index is 0.0759. The van der Waals surface area contributed by atoms with Gasteiger partial charge in [0, 0.05) is 18.0 Å². The largest absolute Gasteiger partial charge is 0.488 e. The minimum atomic E-state index is -3.88. The number of para-hydroxylation sites is 1. The van der Waals surface area contributed by atoms with E-state index in [1.54, 1.807) is 58.7 Å². The molecule has 1 aromatic heterocycles. The van der Waals surface area contributed by atoms with Gasteiger partial charge in [0.15, 0.2) is 11.6 Å². The Bertz CT molecular complexity index is 1320. The zero-order chi connectivity index (χ0) is 26.6. The number of hydrogen-bond donors (Lipinski definition) is 0. The maximum absolute atomic E-state index is 14.2. The summed E-state index contributed by atoms with van der Waals surface area (Å²) in [5.74, 6) is -0.556. The van der Waals surface area contributed by atoms with Crippen molar-refractivity contribution in [3.05, 3.63) is 81.8 Å². The number of sulfonamides is 1. The van der Waals surface area contributed by atoms with Crippen molar-refractivity contribution in [3.63, 3.8) is 0 Å². The standard InChI is InChI=1S/C28H33FN2O4S2/c1-4-20(2)17-30(37(33,34)22-11-9-21(3)10-12-22)18-28(32)31-15-13-27-23(14-16-36-27)25(31)19-35-26-8-6-5-7-24(26)29/h5-12,14,16,20,25H,4,13,15,17-19H2,1-3H3/t20-,25+/m0/s1. The summed E-state index contributed by atoms with van der Waals surface area (Å²) in [4.78, 5) is 16.7. The van der Waals surface area contributed by atoms with Crippen LogP contribution < -0.4 is 4.74 Å². The van der Waals surface area contributed by atoms with Crippen LogP contribution in [-0.2, 0) is 21.2 Å². The highest BCUT2D eigenvalue weighted by atomic mass is 32.2. The topological polar surface area (TPSA) is 66.9 Å². The molecule has 37 heavy (non-hydrogen) atoms. The van der Waals surface area contributed by atoms with E-state index in [1.165, 1.54) is 10.4 Å². The number of rotatable bonds is 10. The second kappa shape index (κ2) is 11.8. The number of fused-ring (bicyclic) bond motifs is 1. The molecule has 0 saturated carbocycles. The van der Waals surface area contributed by atoms with E-state index in [-0.39, 0.29) is 42.2 Å². The van der Waals surface area contributed by atoms with Crippen molar-refractivity contribution < 1.29 is 22.3 Å². The predicted octanol–water partition coefficient (Wildman–Crippen LogP) is 5.44. The van der Waals surface area contributed by atoms with Crippen LogP contribution in [0.2, 0.25) is 0 Å². The van der Waals surface area contributed by atoms with Crippen LogP contribution in [0.15, 0.2) is 64.9 Å². The van der Waals surface area contributed by atoms with Gasteiger partial charge < -0.3 is 9.64 Å². The summed E-state index contributed by atoms with van der Waals surface area (Å²) < 4.78 is 48.5. The maximum atomic E-state index is 14.2. The van der Waals surface area contributed by atoms with Crippen molar-refractivity contribution in [1.29, 1.82) is 0 Å². The van der Waals surface area contributed by atoms with Crippen LogP contribution in [0, 0.1) is 18.7 Å². The highest BCUT2D eigenvalue weighted by molar-refractivity contribution is 7.89. The number of benzene rings is 2. The van der Waals surface area contributed by atoms with Gasteiger partial charge in [0.1, 0.15) is 6.61 Å². The van der Waals surface area contributed by atoms with E-state index in [4.69, 9.17) is 4.74 Å². The molecule has 2 aromatic carbocycles. The van der Waals surface area contributed by atoms with Crippen LogP contribution in [0.5, 0.6) is 5.75 Å². The number of amides is 1. The van der Waals surface area contributed by atoms with E-state index in [9.17, 15) is 17.6 Å². The summed E-state index contributed by atoms with van der Waals surface area (Å²) in [6.07, 6.45) is 1.47. The molecular formula is C28H33FN2O4S2. The fraction of sp³-hybridized carbons (Fsp3) is 0.393. The number of ether oxygens (including phenoxy) is 1. The Hall–Kier alpha value is -2.75. The quantitative estimate of drug-likeness (QED) is 0.341. The van der Waals surface area contributed by atoms with Gasteiger partial charge in [-0.3, -0.25) is 4.79 Å². The fourth-order valence-corrected chi connectivity index (χ4v) is 6.87. The minimum Gasteiger partial charge on any atom is -0.488 e. The van der Waals surface area contributed by atoms with Gasteiger partial charge in [0.25, 0.3) is 0 Å². The van der Waals surface area contributed by atoms with E-state index in [1.807, 2.05) is 32.2 Å². The molecule has 2 heterocycles. The zero-order valence-corrected chi connectivity index (χ0v) is 23.0. The van der Waals surface area contributed by atoms with E-state index in [2.05, 4.69) is 0 Å². The molecule has 4 rings (SSSR count). The molecule has 0 radical (unpaired) electrons. The first kappa shape index (κ1) is 27.3. The van der Waals surface area contributed by atoms with Gasteiger partial charge in [-0.15, -0.1) is 11.3 Å². The highest BCUT2D eigenvalue weighted by Gasteiger charge is 2.35. The Labute approximate surface area is 222 Å². The monoisotopic (exact) mass is 544 g/mol. The van der Waals surface area contributed by atoms with Crippen LogP contribution in [0.4, 0.5) is 4.39 Å². The predicted molar refractivity (Wildman–Crippen MR) is 144 cm³/mol. The lowest BCUT2D eigenvalue weighted by atomic mass is 10.0. The molecule has 0 spiro atoms. The Morgan fingerprint density at radius 1 is 1.19 bits per heavy atom. The van der Waals surface area contributed by atoms with Gasteiger partial charge >= 0.3 is 0 Å². The second-order valence-electron chi connectivity index (χ2n) is 9.52. The number of hydrogen-bond acceptors (Lipinski definition) is 5. The molecule has 0 N–H and O–H groups in total. The average molecular weight is 545 g/mol. The Kier molecular flexibility index (Phi) is 8.67. The van der Waals surface area contributed by atoms with E-state index >= 15 is 0 Å². The molecule has 1 amide bonds. The molecule has 1 aliphatic heterocycles. The third kappa shape index (κ3) is 6.22. The summed E-state index contributed by atoms with van der Waals surface area (Å²) in [7, 11) is -3.88. The lowest BCUT2D eigenvalue weighted by molar-refractivity contribution is -0.135. The van der Waals surface area contributed by atoms with Crippen LogP contribution >= 0.6 is 11.3 Å². The first-order valence-electron chi connectivity index (χ1n) is 12.5. The van der Waals surface area contributed by atoms with Crippen molar-refractivity contribution in [2.75, 3.05) is 26.2 Å². The van der Waals surface area contributed by atoms with E-state index in [0.29, 0.717) is 13.0 Å². The van der Waals surface area contributed by atoms with Crippen LogP contribution in [0.25, 0.3) is 0 Å². The number of nitrogens with zero attached hydrogens (tertiary/aromatic N) is 2. The number of carbonyl (C=O) groups excluding carboxylic acids is 1. The number of halogens is 1. The van der Waals surface area contributed by atoms with Crippen molar-refractivity contribution in [1.82, 2.24) is 9.21 Å². The number of aryl methyl sites for hydroxylation is 1. The van der Waals surface area contributed by atoms with Crippen molar-refractivity contribution in [2.24, 2.45) is 5.92 Å². The highest BCUT2D eigenvalue weighted by Crippen LogP contribution is 2.34. The Balaban J connectivity index is 1.59. The molecule has 3 aromatic rings. The van der Waals surface area contributed by atoms with Crippen LogP contribution in [0.3, 0.4) is 0 Å². The van der Waals surface area contributed by atoms with Gasteiger partial charge in [-0.05, 0) is 60.5 Å². The summed E-state index contributed by atoms with van der Waals surface area (Å²) >= 11 is 1.62. The molecule has 1 aliphatic rings. The van der Waals surface area contributed by atoms with Gasteiger partial charge in [-0.25, -0.2) is 12.8 Å².